The van der Waals surface area contributed by atoms with Gasteiger partial charge in [0.25, 0.3) is 5.91 Å². The molecule has 0 unspecified atom stereocenters. The molecule has 3 aliphatic heterocycles. The van der Waals surface area contributed by atoms with E-state index in [1.165, 1.54) is 4.90 Å². The van der Waals surface area contributed by atoms with Crippen molar-refractivity contribution in [3.05, 3.63) is 35.1 Å². The third-order valence-corrected chi connectivity index (χ3v) is 9.03. The lowest BCUT2D eigenvalue weighted by Gasteiger charge is -2.35. The lowest BCUT2D eigenvalue weighted by Crippen LogP contribution is -2.59. The fraction of sp³-hybridized carbons (Fsp3) is 0.636. The summed E-state index contributed by atoms with van der Waals surface area (Å²) in [6.45, 7) is 7.34. The highest BCUT2D eigenvalue weighted by atomic mass is 19.2. The van der Waals surface area contributed by atoms with Gasteiger partial charge in [0.05, 0.1) is 31.5 Å². The number of Topliss-reactive ketones (excluding diaryl/α,β-unsaturated/α-hetero) is 1. The maximum Gasteiger partial charge on any atom is 0.408 e. The Balaban J connectivity index is 1.40. The molecule has 1 saturated carbocycles. The van der Waals surface area contributed by atoms with Crippen LogP contribution in [0.1, 0.15) is 78.2 Å². The van der Waals surface area contributed by atoms with Crippen molar-refractivity contribution in [2.75, 3.05) is 19.8 Å². The fourth-order valence-electron chi connectivity index (χ4n) is 6.20. The molecule has 1 spiro atoms. The number of nitrogens with zero attached hydrogens (tertiary/aromatic N) is 2. The first kappa shape index (κ1) is 36.1. The number of benzene rings is 1. The number of hydrogen-bond acceptors (Lipinski definition) is 9. The summed E-state index contributed by atoms with van der Waals surface area (Å²) < 4.78 is 52.5. The number of ether oxygens (including phenoxy) is 2. The number of rotatable bonds is 11. The van der Waals surface area contributed by atoms with Crippen LogP contribution in [-0.2, 0) is 33.5 Å². The number of likely N-dealkylation sites (tertiary alicyclic amines) is 1. The van der Waals surface area contributed by atoms with Gasteiger partial charge in [0.1, 0.15) is 18.2 Å². The van der Waals surface area contributed by atoms with E-state index in [2.05, 4.69) is 21.1 Å². The van der Waals surface area contributed by atoms with Crippen LogP contribution in [0.2, 0.25) is 0 Å². The van der Waals surface area contributed by atoms with E-state index in [4.69, 9.17) is 14.3 Å². The molecule has 3 N–H and O–H groups in total. The van der Waals surface area contributed by atoms with Crippen molar-refractivity contribution in [1.82, 2.24) is 20.9 Å². The third-order valence-electron chi connectivity index (χ3n) is 9.03. The van der Waals surface area contributed by atoms with Gasteiger partial charge >= 0.3 is 6.09 Å². The maximum atomic E-state index is 14.4. The lowest BCUT2D eigenvalue weighted by molar-refractivity contribution is -0.144. The predicted molar refractivity (Wildman–Crippen MR) is 166 cm³/mol. The summed E-state index contributed by atoms with van der Waals surface area (Å²) in [5, 5.41) is 11.9. The van der Waals surface area contributed by atoms with Crippen LogP contribution in [0.25, 0.3) is 0 Å². The highest BCUT2D eigenvalue weighted by molar-refractivity contribution is 6.38. The van der Waals surface area contributed by atoms with Crippen LogP contribution in [0.15, 0.2) is 17.3 Å². The van der Waals surface area contributed by atoms with Crippen LogP contribution in [0.3, 0.4) is 0 Å². The van der Waals surface area contributed by atoms with E-state index < -0.39 is 82.3 Å². The molecule has 1 aliphatic carbocycles. The molecule has 5 atom stereocenters. The molecule has 2 saturated heterocycles. The molecule has 0 bridgehead atoms. The van der Waals surface area contributed by atoms with E-state index in [-0.39, 0.29) is 49.7 Å². The summed E-state index contributed by atoms with van der Waals surface area (Å²) >= 11 is 0. The van der Waals surface area contributed by atoms with Gasteiger partial charge in [0.15, 0.2) is 23.1 Å². The van der Waals surface area contributed by atoms with Crippen molar-refractivity contribution >= 4 is 35.3 Å². The Hall–Kier alpha value is -4.21. The van der Waals surface area contributed by atoms with Crippen LogP contribution in [0.4, 0.5) is 18.0 Å². The molecule has 4 aliphatic rings. The van der Waals surface area contributed by atoms with Crippen molar-refractivity contribution in [3.8, 4) is 0 Å². The van der Waals surface area contributed by atoms with Gasteiger partial charge in [-0.2, -0.15) is 0 Å². The Morgan fingerprint density at radius 3 is 2.37 bits per heavy atom. The van der Waals surface area contributed by atoms with Gasteiger partial charge in [-0.3, -0.25) is 19.2 Å². The molecule has 3 heterocycles. The molecule has 3 fully saturated rings. The smallest absolute Gasteiger partial charge is 0.408 e. The van der Waals surface area contributed by atoms with Crippen molar-refractivity contribution in [1.29, 1.82) is 0 Å². The summed E-state index contributed by atoms with van der Waals surface area (Å²) in [5.74, 6) is -7.53. The number of hydrogen-bond donors (Lipinski definition) is 3. The normalized spacial score (nSPS) is 24.6. The number of amides is 4. The maximum absolute atomic E-state index is 14.4. The monoisotopic (exact) mass is 693 g/mol. The molecule has 1 aromatic rings. The molecular weight excluding hydrogens is 651 g/mol. The summed E-state index contributed by atoms with van der Waals surface area (Å²) in [5.41, 5.74) is -2.26. The number of carbonyl (C=O) groups is 5. The standard InChI is InChI=1S/C33H42F3N5O8/c1-5-6-22(26(42)29(44)37-18-7-8-18)38-28(43)24-14-33(13-23(40-49-33)17-11-20(34)25(36)21(35)12-17)16-41(24)30(45)27(32(2,3)4)39-31(46)48-19-9-10-47-15-19/h11-12,18-19,22,24,27H,5-10,13-16H2,1-4H3,(H,37,44)(H,38,43)(H,39,46)/t19-,22-,24-,27+,33+/m0/s1. The average molecular weight is 694 g/mol. The summed E-state index contributed by atoms with van der Waals surface area (Å²) in [4.78, 5) is 74.0. The van der Waals surface area contributed by atoms with Crippen LogP contribution in [-0.4, -0.2) is 95.8 Å². The molecule has 49 heavy (non-hydrogen) atoms. The molecule has 0 radical (unpaired) electrons. The molecule has 4 amide bonds. The number of nitrogens with one attached hydrogen (secondary N) is 3. The molecular formula is C33H42F3N5O8. The first-order valence-corrected chi connectivity index (χ1v) is 16.5. The van der Waals surface area contributed by atoms with E-state index in [1.807, 2.05) is 0 Å². The molecule has 13 nitrogen and oxygen atoms in total. The van der Waals surface area contributed by atoms with Crippen LogP contribution >= 0.6 is 0 Å². The third kappa shape index (κ3) is 8.33. The van der Waals surface area contributed by atoms with E-state index in [9.17, 15) is 37.1 Å². The lowest BCUT2D eigenvalue weighted by atomic mass is 9.85. The number of alkyl carbamates (subject to hydrolysis) is 1. The Bertz CT molecular complexity index is 1500. The largest absolute Gasteiger partial charge is 0.444 e. The Kier molecular flexibility index (Phi) is 10.6. The van der Waals surface area contributed by atoms with Gasteiger partial charge in [-0.25, -0.2) is 18.0 Å². The molecule has 268 valence electrons. The van der Waals surface area contributed by atoms with E-state index in [0.29, 0.717) is 19.4 Å². The second-order valence-corrected chi connectivity index (χ2v) is 14.2. The SMILES string of the molecule is CCC[C@H](NC(=O)[C@@H]1C[C@]2(CC(c3cc(F)c(F)c(F)c3)=NO2)CN1C(=O)[C@@H](NC(=O)O[C@H]1CCOC1)C(C)(C)C)C(=O)C(=O)NC1CC1. The first-order valence-electron chi connectivity index (χ1n) is 16.5. The van der Waals surface area contributed by atoms with Crippen LogP contribution in [0, 0.1) is 22.9 Å². The Labute approximate surface area is 281 Å². The van der Waals surface area contributed by atoms with E-state index >= 15 is 0 Å². The Morgan fingerprint density at radius 2 is 1.78 bits per heavy atom. The summed E-state index contributed by atoms with van der Waals surface area (Å²) in [6, 6.07) is -2.18. The average Bonchev–Trinajstić information content (AvgIpc) is 3.38. The van der Waals surface area contributed by atoms with Crippen LogP contribution < -0.4 is 16.0 Å². The first-order chi connectivity index (χ1) is 23.1. The van der Waals surface area contributed by atoms with Crippen molar-refractivity contribution in [2.45, 2.75) is 109 Å². The zero-order chi connectivity index (χ0) is 35.7. The second-order valence-electron chi connectivity index (χ2n) is 14.2. The second kappa shape index (κ2) is 14.3. The van der Waals surface area contributed by atoms with Gasteiger partial charge in [-0.1, -0.05) is 39.3 Å². The Morgan fingerprint density at radius 1 is 1.08 bits per heavy atom. The minimum absolute atomic E-state index is 0.0647. The molecule has 5 rings (SSSR count). The zero-order valence-corrected chi connectivity index (χ0v) is 27.9. The predicted octanol–water partition coefficient (Wildman–Crippen LogP) is 2.63. The van der Waals surface area contributed by atoms with Crippen LogP contribution in [0.5, 0.6) is 0 Å². The number of oxime groups is 1. The van der Waals surface area contributed by atoms with Gasteiger partial charge < -0.3 is 35.2 Å². The summed E-state index contributed by atoms with van der Waals surface area (Å²) in [6.07, 6.45) is 1.03. The van der Waals surface area contributed by atoms with Crippen molar-refractivity contribution in [2.24, 2.45) is 10.6 Å². The molecule has 0 aromatic heterocycles. The highest BCUT2D eigenvalue weighted by Crippen LogP contribution is 2.40. The highest BCUT2D eigenvalue weighted by Gasteiger charge is 2.56. The van der Waals surface area contributed by atoms with E-state index in [0.717, 1.165) is 25.0 Å². The van der Waals surface area contributed by atoms with E-state index in [1.54, 1.807) is 27.7 Å². The fourth-order valence-corrected chi connectivity index (χ4v) is 6.20. The topological polar surface area (TPSA) is 165 Å². The van der Waals surface area contributed by atoms with Crippen molar-refractivity contribution in [3.63, 3.8) is 0 Å². The van der Waals surface area contributed by atoms with Gasteiger partial charge in [0.2, 0.25) is 17.6 Å². The minimum atomic E-state index is -1.64. The van der Waals surface area contributed by atoms with Crippen molar-refractivity contribution < 1.29 is 51.5 Å². The summed E-state index contributed by atoms with van der Waals surface area (Å²) in [7, 11) is 0. The number of carbonyl (C=O) groups excluding carboxylic acids is 5. The number of ketones is 1. The molecule has 1 aromatic carbocycles. The van der Waals surface area contributed by atoms with Gasteiger partial charge in [-0.05, 0) is 36.8 Å². The van der Waals surface area contributed by atoms with Gasteiger partial charge in [-0.15, -0.1) is 0 Å². The quantitative estimate of drug-likeness (QED) is 0.235. The minimum Gasteiger partial charge on any atom is -0.444 e. The zero-order valence-electron chi connectivity index (χ0n) is 27.9. The number of halogens is 3. The molecule has 16 heteroatoms. The van der Waals surface area contributed by atoms with Gasteiger partial charge in [0, 0.05) is 30.9 Å².